The molecule has 1 heterocycles. The van der Waals surface area contributed by atoms with E-state index in [-0.39, 0.29) is 29.2 Å². The summed E-state index contributed by atoms with van der Waals surface area (Å²) >= 11 is 0.865. The minimum atomic E-state index is -0.760. The van der Waals surface area contributed by atoms with E-state index in [0.717, 1.165) is 22.2 Å². The van der Waals surface area contributed by atoms with E-state index in [1.54, 1.807) is 24.3 Å². The molecule has 1 atom stereocenters. The number of benzene rings is 2. The van der Waals surface area contributed by atoms with Crippen LogP contribution in [0, 0.1) is 0 Å². The number of hydrogen-bond donors (Lipinski definition) is 2. The summed E-state index contributed by atoms with van der Waals surface area (Å²) < 4.78 is 0. The van der Waals surface area contributed by atoms with Crippen molar-refractivity contribution < 1.29 is 19.5 Å². The van der Waals surface area contributed by atoms with Gasteiger partial charge in [0.05, 0.1) is 5.69 Å². The smallest absolute Gasteiger partial charge is 0.293 e. The molecule has 0 aromatic heterocycles. The molecule has 3 rings (SSSR count). The number of carbonyl (C=O) groups is 3. The maximum absolute atomic E-state index is 12.7. The predicted octanol–water partition coefficient (Wildman–Crippen LogP) is 3.55. The predicted molar refractivity (Wildman–Crippen MR) is 101 cm³/mol. The molecule has 6 nitrogen and oxygen atoms in total. The summed E-state index contributed by atoms with van der Waals surface area (Å²) in [4.78, 5) is 38.4. The Hall–Kier alpha value is -2.80. The second-order valence-corrected chi connectivity index (χ2v) is 6.98. The summed E-state index contributed by atoms with van der Waals surface area (Å²) in [5.74, 6) is -0.738. The van der Waals surface area contributed by atoms with Crippen LogP contribution < -0.4 is 10.2 Å². The van der Waals surface area contributed by atoms with Gasteiger partial charge >= 0.3 is 0 Å². The van der Waals surface area contributed by atoms with Crippen molar-refractivity contribution in [2.45, 2.75) is 25.0 Å². The third-order valence-electron chi connectivity index (χ3n) is 4.04. The molecule has 2 aromatic rings. The molecule has 1 unspecified atom stereocenters. The first kappa shape index (κ1) is 18.0. The average molecular weight is 370 g/mol. The summed E-state index contributed by atoms with van der Waals surface area (Å²) in [6, 6.07) is 13.4. The highest BCUT2D eigenvalue weighted by molar-refractivity contribution is 8.15. The van der Waals surface area contributed by atoms with Gasteiger partial charge in [-0.05, 0) is 41.9 Å². The molecular weight excluding hydrogens is 352 g/mol. The van der Waals surface area contributed by atoms with Crippen molar-refractivity contribution in [1.29, 1.82) is 0 Å². The van der Waals surface area contributed by atoms with Gasteiger partial charge in [0, 0.05) is 18.2 Å². The van der Waals surface area contributed by atoms with E-state index in [1.807, 2.05) is 19.1 Å². The molecule has 0 aliphatic carbocycles. The van der Waals surface area contributed by atoms with Crippen molar-refractivity contribution in [3.05, 3.63) is 54.1 Å². The number of nitrogens with one attached hydrogen (secondary N) is 1. The van der Waals surface area contributed by atoms with Gasteiger partial charge in [-0.25, -0.2) is 4.90 Å². The highest BCUT2D eigenvalue weighted by Gasteiger charge is 2.42. The number of para-hydroxylation sites is 1. The summed E-state index contributed by atoms with van der Waals surface area (Å²) in [6.07, 6.45) is 0.580. The van der Waals surface area contributed by atoms with Gasteiger partial charge in [0.15, 0.2) is 0 Å². The lowest BCUT2D eigenvalue weighted by atomic mass is 10.1. The third-order valence-corrected chi connectivity index (χ3v) is 5.07. The van der Waals surface area contributed by atoms with Crippen LogP contribution in [0.4, 0.5) is 16.2 Å². The largest absolute Gasteiger partial charge is 0.508 e. The molecule has 26 heavy (non-hydrogen) atoms. The van der Waals surface area contributed by atoms with Crippen LogP contribution in [0.15, 0.2) is 48.5 Å². The number of nitrogens with zero attached hydrogens (tertiary/aromatic N) is 1. The number of imide groups is 1. The normalized spacial score (nSPS) is 16.8. The molecule has 1 aliphatic heterocycles. The quantitative estimate of drug-likeness (QED) is 0.840. The summed E-state index contributed by atoms with van der Waals surface area (Å²) in [6.45, 7) is 1.96. The number of phenolic OH excluding ortho intramolecular Hbond substituents is 1. The van der Waals surface area contributed by atoms with E-state index in [9.17, 15) is 19.5 Å². The van der Waals surface area contributed by atoms with Crippen molar-refractivity contribution in [2.24, 2.45) is 0 Å². The van der Waals surface area contributed by atoms with Crippen molar-refractivity contribution >= 4 is 40.2 Å². The number of phenols is 1. The Morgan fingerprint density at radius 2 is 1.96 bits per heavy atom. The average Bonchev–Trinajstić information content (AvgIpc) is 2.88. The van der Waals surface area contributed by atoms with Gasteiger partial charge < -0.3 is 10.4 Å². The van der Waals surface area contributed by atoms with Gasteiger partial charge in [-0.2, -0.15) is 0 Å². The van der Waals surface area contributed by atoms with Crippen LogP contribution in [-0.2, 0) is 16.0 Å². The Balaban J connectivity index is 1.71. The molecule has 0 radical (unpaired) electrons. The molecule has 2 N–H and O–H groups in total. The van der Waals surface area contributed by atoms with Crippen LogP contribution in [0.3, 0.4) is 0 Å². The van der Waals surface area contributed by atoms with E-state index < -0.39 is 5.25 Å². The molecule has 3 amide bonds. The van der Waals surface area contributed by atoms with Crippen LogP contribution in [0.1, 0.15) is 18.9 Å². The van der Waals surface area contributed by atoms with E-state index >= 15 is 0 Å². The number of carbonyl (C=O) groups excluding carboxylic acids is 3. The van der Waals surface area contributed by atoms with Gasteiger partial charge in [-0.1, -0.05) is 31.2 Å². The number of thioether (sulfide) groups is 1. The SMILES string of the molecule is CCc1ccccc1N1C(=O)SC(CC(=O)Nc2cccc(O)c2)C1=O. The monoisotopic (exact) mass is 370 g/mol. The first-order chi connectivity index (χ1) is 12.5. The highest BCUT2D eigenvalue weighted by atomic mass is 32.2. The minimum absolute atomic E-state index is 0.0339. The lowest BCUT2D eigenvalue weighted by Gasteiger charge is -2.17. The second kappa shape index (κ2) is 7.61. The molecule has 0 saturated carbocycles. The Morgan fingerprint density at radius 1 is 1.19 bits per heavy atom. The van der Waals surface area contributed by atoms with Gasteiger partial charge in [0.25, 0.3) is 5.24 Å². The van der Waals surface area contributed by atoms with Crippen LogP contribution in [0.2, 0.25) is 0 Å². The van der Waals surface area contributed by atoms with Crippen molar-refractivity contribution in [1.82, 2.24) is 0 Å². The maximum atomic E-state index is 12.7. The molecule has 1 fully saturated rings. The molecule has 2 aromatic carbocycles. The van der Waals surface area contributed by atoms with Crippen molar-refractivity contribution in [3.8, 4) is 5.75 Å². The molecule has 7 heteroatoms. The van der Waals surface area contributed by atoms with E-state index in [0.29, 0.717) is 17.8 Å². The first-order valence-corrected chi connectivity index (χ1v) is 9.09. The van der Waals surface area contributed by atoms with Gasteiger partial charge in [0.1, 0.15) is 11.0 Å². The second-order valence-electron chi connectivity index (χ2n) is 5.83. The fourth-order valence-electron chi connectivity index (χ4n) is 2.80. The number of anilines is 2. The third kappa shape index (κ3) is 3.72. The zero-order valence-electron chi connectivity index (χ0n) is 14.1. The molecule has 0 bridgehead atoms. The lowest BCUT2D eigenvalue weighted by Crippen LogP contribution is -2.33. The fourth-order valence-corrected chi connectivity index (χ4v) is 3.77. The number of amides is 3. The summed E-state index contributed by atoms with van der Waals surface area (Å²) in [5.41, 5.74) is 1.91. The lowest BCUT2D eigenvalue weighted by molar-refractivity contribution is -0.121. The maximum Gasteiger partial charge on any atom is 0.293 e. The highest BCUT2D eigenvalue weighted by Crippen LogP contribution is 2.35. The van der Waals surface area contributed by atoms with E-state index in [2.05, 4.69) is 5.32 Å². The van der Waals surface area contributed by atoms with Gasteiger partial charge in [0.2, 0.25) is 11.8 Å². The number of aromatic hydroxyl groups is 1. The molecule has 134 valence electrons. The fraction of sp³-hybridized carbons (Fsp3) is 0.211. The topological polar surface area (TPSA) is 86.7 Å². The zero-order valence-corrected chi connectivity index (χ0v) is 15.0. The molecular formula is C19H18N2O4S. The minimum Gasteiger partial charge on any atom is -0.508 e. The van der Waals surface area contributed by atoms with Crippen LogP contribution >= 0.6 is 11.8 Å². The first-order valence-electron chi connectivity index (χ1n) is 8.21. The van der Waals surface area contributed by atoms with Gasteiger partial charge in [-0.15, -0.1) is 0 Å². The van der Waals surface area contributed by atoms with Gasteiger partial charge in [-0.3, -0.25) is 14.4 Å². The van der Waals surface area contributed by atoms with Crippen molar-refractivity contribution in [2.75, 3.05) is 10.2 Å². The van der Waals surface area contributed by atoms with E-state index in [1.165, 1.54) is 12.1 Å². The summed E-state index contributed by atoms with van der Waals surface area (Å²) in [7, 11) is 0. The molecule has 1 aliphatic rings. The van der Waals surface area contributed by atoms with Crippen LogP contribution in [0.5, 0.6) is 5.75 Å². The zero-order chi connectivity index (χ0) is 18.7. The number of aryl methyl sites for hydroxylation is 1. The molecule has 0 spiro atoms. The molecule has 1 saturated heterocycles. The Bertz CT molecular complexity index is 868. The van der Waals surface area contributed by atoms with Crippen molar-refractivity contribution in [3.63, 3.8) is 0 Å². The standard InChI is InChI=1S/C19H18N2O4S/c1-2-12-6-3-4-9-15(12)21-18(24)16(26-19(21)25)11-17(23)20-13-7-5-8-14(22)10-13/h3-10,16,22H,2,11H2,1H3,(H,20,23). The summed E-state index contributed by atoms with van der Waals surface area (Å²) in [5, 5.41) is 10.9. The number of hydrogen-bond acceptors (Lipinski definition) is 5. The van der Waals surface area contributed by atoms with Crippen LogP contribution in [0.25, 0.3) is 0 Å². The Kier molecular flexibility index (Phi) is 5.27. The Morgan fingerprint density at radius 3 is 2.69 bits per heavy atom. The Labute approximate surface area is 155 Å². The number of rotatable bonds is 5. The van der Waals surface area contributed by atoms with Crippen LogP contribution in [-0.4, -0.2) is 27.4 Å². The van der Waals surface area contributed by atoms with E-state index in [4.69, 9.17) is 0 Å².